The Kier molecular flexibility index (Phi) is 6.97. The van der Waals surface area contributed by atoms with Crippen LogP contribution >= 0.6 is 11.6 Å². The van der Waals surface area contributed by atoms with Crippen molar-refractivity contribution in [3.63, 3.8) is 0 Å². The predicted octanol–water partition coefficient (Wildman–Crippen LogP) is 3.48. The van der Waals surface area contributed by atoms with Crippen molar-refractivity contribution in [3.8, 4) is 0 Å². The highest BCUT2D eigenvalue weighted by Gasteiger charge is 2.19. The average molecular weight is 312 g/mol. The maximum Gasteiger partial charge on any atom is 0.0900 e. The molecule has 0 heterocycles. The molecule has 118 valence electrons. The van der Waals surface area contributed by atoms with Crippen LogP contribution in [0.5, 0.6) is 0 Å². The summed E-state index contributed by atoms with van der Waals surface area (Å²) in [5.41, 5.74) is 1.08. The Hall–Kier alpha value is -0.610. The summed E-state index contributed by atoms with van der Waals surface area (Å²) < 4.78 is 5.59. The first kappa shape index (κ1) is 16.8. The van der Waals surface area contributed by atoms with Crippen molar-refractivity contribution in [2.24, 2.45) is 0 Å². The van der Waals surface area contributed by atoms with E-state index in [1.807, 2.05) is 24.3 Å². The number of likely N-dealkylation sites (N-methyl/N-ethyl adjacent to an activating group) is 1. The lowest BCUT2D eigenvalue weighted by Crippen LogP contribution is -2.40. The van der Waals surface area contributed by atoms with Gasteiger partial charge in [0.1, 0.15) is 0 Å². The number of rotatable bonds is 7. The molecule has 1 saturated carbocycles. The highest BCUT2D eigenvalue weighted by Crippen LogP contribution is 2.21. The van der Waals surface area contributed by atoms with E-state index in [1.165, 1.54) is 32.1 Å². The van der Waals surface area contributed by atoms with Gasteiger partial charge in [0, 0.05) is 17.6 Å². The van der Waals surface area contributed by atoms with Gasteiger partial charge in [-0.1, -0.05) is 43.0 Å². The molecule has 0 aromatic heterocycles. The molecule has 1 aliphatic carbocycles. The van der Waals surface area contributed by atoms with E-state index in [-0.39, 0.29) is 0 Å². The molecule has 1 aliphatic rings. The molecular formula is C17H26ClNO2. The topological polar surface area (TPSA) is 32.7 Å². The van der Waals surface area contributed by atoms with Crippen molar-refractivity contribution in [3.05, 3.63) is 34.9 Å². The zero-order chi connectivity index (χ0) is 15.1. The summed E-state index contributed by atoms with van der Waals surface area (Å²) in [7, 11) is 2.11. The van der Waals surface area contributed by atoms with Crippen LogP contribution in [-0.2, 0) is 11.3 Å². The van der Waals surface area contributed by atoms with Crippen LogP contribution in [0.3, 0.4) is 0 Å². The van der Waals surface area contributed by atoms with Gasteiger partial charge in [0.15, 0.2) is 0 Å². The first-order valence-corrected chi connectivity index (χ1v) is 8.23. The van der Waals surface area contributed by atoms with Crippen molar-refractivity contribution in [2.75, 3.05) is 20.2 Å². The van der Waals surface area contributed by atoms with Crippen LogP contribution in [-0.4, -0.2) is 42.4 Å². The fraction of sp³-hybridized carbons (Fsp3) is 0.647. The Bertz CT molecular complexity index is 404. The highest BCUT2D eigenvalue weighted by molar-refractivity contribution is 6.30. The second kappa shape index (κ2) is 8.74. The SMILES string of the molecule is CN(CC(O)COCc1ccc(Cl)cc1)C1CCCCC1. The van der Waals surface area contributed by atoms with E-state index in [0.29, 0.717) is 25.8 Å². The number of hydrogen-bond donors (Lipinski definition) is 1. The molecular weight excluding hydrogens is 286 g/mol. The van der Waals surface area contributed by atoms with Gasteiger partial charge < -0.3 is 14.7 Å². The van der Waals surface area contributed by atoms with Crippen LogP contribution in [0.2, 0.25) is 5.02 Å². The van der Waals surface area contributed by atoms with Crippen molar-refractivity contribution in [1.29, 1.82) is 0 Å². The summed E-state index contributed by atoms with van der Waals surface area (Å²) in [6.07, 6.45) is 6.08. The van der Waals surface area contributed by atoms with Crippen molar-refractivity contribution < 1.29 is 9.84 Å². The molecule has 0 saturated heterocycles. The lowest BCUT2D eigenvalue weighted by Gasteiger charge is -2.32. The number of nitrogens with zero attached hydrogens (tertiary/aromatic N) is 1. The van der Waals surface area contributed by atoms with Gasteiger partial charge in [0.05, 0.1) is 19.3 Å². The number of halogens is 1. The van der Waals surface area contributed by atoms with Gasteiger partial charge >= 0.3 is 0 Å². The van der Waals surface area contributed by atoms with Crippen LogP contribution in [0.15, 0.2) is 24.3 Å². The molecule has 0 aliphatic heterocycles. The van der Waals surface area contributed by atoms with Gasteiger partial charge in [-0.3, -0.25) is 0 Å². The average Bonchev–Trinajstić information content (AvgIpc) is 2.50. The molecule has 4 heteroatoms. The zero-order valence-electron chi connectivity index (χ0n) is 12.8. The molecule has 1 aromatic rings. The van der Waals surface area contributed by atoms with Gasteiger partial charge in [-0.2, -0.15) is 0 Å². The number of benzene rings is 1. The molecule has 1 unspecified atom stereocenters. The van der Waals surface area contributed by atoms with E-state index in [4.69, 9.17) is 16.3 Å². The van der Waals surface area contributed by atoms with Crippen molar-refractivity contribution >= 4 is 11.6 Å². The molecule has 3 nitrogen and oxygen atoms in total. The van der Waals surface area contributed by atoms with Gasteiger partial charge in [-0.25, -0.2) is 0 Å². The second-order valence-corrected chi connectivity index (χ2v) is 6.46. The Labute approximate surface area is 132 Å². The van der Waals surface area contributed by atoms with E-state index < -0.39 is 6.10 Å². The van der Waals surface area contributed by atoms with E-state index >= 15 is 0 Å². The Morgan fingerprint density at radius 2 is 1.90 bits per heavy atom. The summed E-state index contributed by atoms with van der Waals surface area (Å²) in [6.45, 7) is 1.58. The minimum atomic E-state index is -0.427. The number of aliphatic hydroxyl groups excluding tert-OH is 1. The molecule has 2 rings (SSSR count). The minimum Gasteiger partial charge on any atom is -0.389 e. The first-order chi connectivity index (χ1) is 10.1. The monoisotopic (exact) mass is 311 g/mol. The highest BCUT2D eigenvalue weighted by atomic mass is 35.5. The molecule has 0 bridgehead atoms. The third-order valence-corrected chi connectivity index (χ3v) is 4.44. The summed E-state index contributed by atoms with van der Waals surface area (Å²) in [5, 5.41) is 10.8. The van der Waals surface area contributed by atoms with Crippen molar-refractivity contribution in [2.45, 2.75) is 50.9 Å². The number of hydrogen-bond acceptors (Lipinski definition) is 3. The summed E-state index contributed by atoms with van der Waals surface area (Å²) in [6, 6.07) is 8.23. The van der Waals surface area contributed by atoms with E-state index in [0.717, 1.165) is 10.6 Å². The number of aliphatic hydroxyl groups is 1. The molecule has 0 radical (unpaired) electrons. The Morgan fingerprint density at radius 3 is 2.57 bits per heavy atom. The fourth-order valence-corrected chi connectivity index (χ4v) is 3.08. The molecule has 1 fully saturated rings. The first-order valence-electron chi connectivity index (χ1n) is 7.85. The normalized spacial score (nSPS) is 18.1. The quantitative estimate of drug-likeness (QED) is 0.837. The van der Waals surface area contributed by atoms with Gasteiger partial charge in [-0.15, -0.1) is 0 Å². The smallest absolute Gasteiger partial charge is 0.0900 e. The Balaban J connectivity index is 1.64. The molecule has 1 N–H and O–H groups in total. The third-order valence-electron chi connectivity index (χ3n) is 4.19. The van der Waals surface area contributed by atoms with Crippen LogP contribution in [0.25, 0.3) is 0 Å². The van der Waals surface area contributed by atoms with Gasteiger partial charge in [-0.05, 0) is 37.6 Å². The van der Waals surface area contributed by atoms with Crippen LogP contribution in [0.4, 0.5) is 0 Å². The molecule has 0 spiro atoms. The van der Waals surface area contributed by atoms with E-state index in [2.05, 4.69) is 11.9 Å². The molecule has 1 aromatic carbocycles. The second-order valence-electron chi connectivity index (χ2n) is 6.03. The summed E-state index contributed by atoms with van der Waals surface area (Å²) >= 11 is 5.84. The maximum atomic E-state index is 10.1. The summed E-state index contributed by atoms with van der Waals surface area (Å²) in [4.78, 5) is 2.29. The standard InChI is InChI=1S/C17H26ClNO2/c1-19(16-5-3-2-4-6-16)11-17(20)13-21-12-14-7-9-15(18)10-8-14/h7-10,16-17,20H,2-6,11-13H2,1H3. The fourth-order valence-electron chi connectivity index (χ4n) is 2.95. The largest absolute Gasteiger partial charge is 0.389 e. The lowest BCUT2D eigenvalue weighted by molar-refractivity contribution is 0.00488. The van der Waals surface area contributed by atoms with Crippen LogP contribution < -0.4 is 0 Å². The van der Waals surface area contributed by atoms with Gasteiger partial charge in [0.25, 0.3) is 0 Å². The van der Waals surface area contributed by atoms with Crippen molar-refractivity contribution in [1.82, 2.24) is 4.90 Å². The van der Waals surface area contributed by atoms with Crippen LogP contribution in [0.1, 0.15) is 37.7 Å². The van der Waals surface area contributed by atoms with E-state index in [1.54, 1.807) is 0 Å². The molecule has 21 heavy (non-hydrogen) atoms. The lowest BCUT2D eigenvalue weighted by atomic mass is 9.94. The van der Waals surface area contributed by atoms with E-state index in [9.17, 15) is 5.11 Å². The molecule has 1 atom stereocenters. The minimum absolute atomic E-state index is 0.375. The number of ether oxygens (including phenoxy) is 1. The zero-order valence-corrected chi connectivity index (χ0v) is 13.6. The third kappa shape index (κ3) is 5.95. The predicted molar refractivity (Wildman–Crippen MR) is 86.6 cm³/mol. The van der Waals surface area contributed by atoms with Gasteiger partial charge in [0.2, 0.25) is 0 Å². The van der Waals surface area contributed by atoms with Crippen LogP contribution in [0, 0.1) is 0 Å². The summed E-state index contributed by atoms with van der Waals surface area (Å²) in [5.74, 6) is 0. The molecule has 0 amide bonds. The maximum absolute atomic E-state index is 10.1. The Morgan fingerprint density at radius 1 is 1.24 bits per heavy atom.